The molecule has 1 aromatic carbocycles. The number of benzene rings is 1. The van der Waals surface area contributed by atoms with E-state index in [-0.39, 0.29) is 12.4 Å². The van der Waals surface area contributed by atoms with Crippen molar-refractivity contribution in [2.45, 2.75) is 32.7 Å². The van der Waals surface area contributed by atoms with Crippen LogP contribution in [0.3, 0.4) is 0 Å². The SMILES string of the molecule is CCCCCNCc1cc(Br)ccc1O.Cl. The summed E-state index contributed by atoms with van der Waals surface area (Å²) in [5, 5.41) is 12.9. The van der Waals surface area contributed by atoms with Crippen molar-refractivity contribution in [2.24, 2.45) is 0 Å². The maximum atomic E-state index is 9.58. The fourth-order valence-corrected chi connectivity index (χ4v) is 1.83. The van der Waals surface area contributed by atoms with E-state index in [1.165, 1.54) is 19.3 Å². The second kappa shape index (κ2) is 8.85. The van der Waals surface area contributed by atoms with Gasteiger partial charge in [-0.3, -0.25) is 0 Å². The maximum absolute atomic E-state index is 9.58. The molecule has 0 unspecified atom stereocenters. The average molecular weight is 309 g/mol. The number of phenols is 1. The number of unbranched alkanes of at least 4 members (excludes halogenated alkanes) is 2. The third-order valence-corrected chi connectivity index (χ3v) is 2.81. The summed E-state index contributed by atoms with van der Waals surface area (Å²) in [6.07, 6.45) is 3.70. The quantitative estimate of drug-likeness (QED) is 0.782. The third-order valence-electron chi connectivity index (χ3n) is 2.31. The molecule has 2 N–H and O–H groups in total. The number of rotatable bonds is 6. The van der Waals surface area contributed by atoms with Gasteiger partial charge in [-0.05, 0) is 31.2 Å². The molecule has 0 spiro atoms. The van der Waals surface area contributed by atoms with Crippen molar-refractivity contribution < 1.29 is 5.11 Å². The van der Waals surface area contributed by atoms with E-state index in [2.05, 4.69) is 28.2 Å². The Morgan fingerprint density at radius 1 is 1.31 bits per heavy atom. The van der Waals surface area contributed by atoms with Gasteiger partial charge in [-0.1, -0.05) is 35.7 Å². The van der Waals surface area contributed by atoms with Gasteiger partial charge in [0.05, 0.1) is 0 Å². The second-order valence-electron chi connectivity index (χ2n) is 3.66. The van der Waals surface area contributed by atoms with Gasteiger partial charge in [0, 0.05) is 16.6 Å². The van der Waals surface area contributed by atoms with Crippen molar-refractivity contribution in [3.05, 3.63) is 28.2 Å². The Labute approximate surface area is 112 Å². The van der Waals surface area contributed by atoms with E-state index >= 15 is 0 Å². The van der Waals surface area contributed by atoms with Crippen molar-refractivity contribution in [2.75, 3.05) is 6.54 Å². The van der Waals surface area contributed by atoms with Crippen molar-refractivity contribution >= 4 is 28.3 Å². The Balaban J connectivity index is 0.00000225. The predicted molar refractivity (Wildman–Crippen MR) is 74.3 cm³/mol. The molecule has 1 rings (SSSR count). The molecule has 0 aliphatic carbocycles. The number of phenolic OH excluding ortho intramolecular Hbond substituents is 1. The smallest absolute Gasteiger partial charge is 0.120 e. The predicted octanol–water partition coefficient (Wildman–Crippen LogP) is 3.86. The van der Waals surface area contributed by atoms with Gasteiger partial charge in [0.2, 0.25) is 0 Å². The molecule has 0 aliphatic rings. The molecule has 0 bridgehead atoms. The van der Waals surface area contributed by atoms with Crippen molar-refractivity contribution in [1.82, 2.24) is 5.32 Å². The Bertz CT molecular complexity index is 307. The number of nitrogens with one attached hydrogen (secondary N) is 1. The van der Waals surface area contributed by atoms with Gasteiger partial charge in [-0.15, -0.1) is 12.4 Å². The largest absolute Gasteiger partial charge is 0.508 e. The summed E-state index contributed by atoms with van der Waals surface area (Å²) < 4.78 is 1.01. The molecule has 0 atom stereocenters. The van der Waals surface area contributed by atoms with Crippen LogP contribution in [0.1, 0.15) is 31.7 Å². The zero-order valence-corrected chi connectivity index (χ0v) is 11.9. The minimum Gasteiger partial charge on any atom is -0.508 e. The van der Waals surface area contributed by atoms with E-state index in [1.807, 2.05) is 12.1 Å². The lowest BCUT2D eigenvalue weighted by Crippen LogP contribution is -2.14. The monoisotopic (exact) mass is 307 g/mol. The topological polar surface area (TPSA) is 32.3 Å². The highest BCUT2D eigenvalue weighted by Crippen LogP contribution is 2.21. The first-order valence-electron chi connectivity index (χ1n) is 5.42. The molecule has 16 heavy (non-hydrogen) atoms. The Kier molecular flexibility index (Phi) is 8.71. The number of hydrogen-bond donors (Lipinski definition) is 2. The van der Waals surface area contributed by atoms with E-state index in [9.17, 15) is 5.11 Å². The highest BCUT2D eigenvalue weighted by atomic mass is 79.9. The summed E-state index contributed by atoms with van der Waals surface area (Å²) in [6, 6.07) is 5.51. The molecule has 0 saturated carbocycles. The van der Waals surface area contributed by atoms with E-state index < -0.39 is 0 Å². The lowest BCUT2D eigenvalue weighted by molar-refractivity contribution is 0.463. The van der Waals surface area contributed by atoms with Crippen LogP contribution < -0.4 is 5.32 Å². The van der Waals surface area contributed by atoms with Crippen molar-refractivity contribution in [3.63, 3.8) is 0 Å². The molecule has 92 valence electrons. The van der Waals surface area contributed by atoms with Crippen LogP contribution in [0.15, 0.2) is 22.7 Å². The Hall–Kier alpha value is -0.250. The number of aromatic hydroxyl groups is 1. The molecule has 0 amide bonds. The molecular formula is C12H19BrClNO. The molecule has 0 saturated heterocycles. The summed E-state index contributed by atoms with van der Waals surface area (Å²) in [4.78, 5) is 0. The van der Waals surface area contributed by atoms with E-state index in [0.717, 1.165) is 23.1 Å². The highest BCUT2D eigenvalue weighted by Gasteiger charge is 2.00. The minimum atomic E-state index is 0. The fourth-order valence-electron chi connectivity index (χ4n) is 1.42. The normalized spacial score (nSPS) is 9.88. The van der Waals surface area contributed by atoms with Gasteiger partial charge < -0.3 is 10.4 Å². The fraction of sp³-hybridized carbons (Fsp3) is 0.500. The van der Waals surface area contributed by atoms with Crippen LogP contribution in [0.4, 0.5) is 0 Å². The molecular weight excluding hydrogens is 289 g/mol. The molecule has 0 aliphatic heterocycles. The molecule has 0 fully saturated rings. The summed E-state index contributed by atoms with van der Waals surface area (Å²) in [5.74, 6) is 0.362. The summed E-state index contributed by atoms with van der Waals surface area (Å²) in [6.45, 7) is 3.94. The van der Waals surface area contributed by atoms with Gasteiger partial charge in [0.25, 0.3) is 0 Å². The average Bonchev–Trinajstić information content (AvgIpc) is 2.23. The first kappa shape index (κ1) is 15.8. The van der Waals surface area contributed by atoms with E-state index in [4.69, 9.17) is 0 Å². The summed E-state index contributed by atoms with van der Waals surface area (Å²) >= 11 is 3.39. The zero-order valence-electron chi connectivity index (χ0n) is 9.50. The van der Waals surface area contributed by atoms with Crippen molar-refractivity contribution in [1.29, 1.82) is 0 Å². The summed E-state index contributed by atoms with van der Waals surface area (Å²) in [7, 11) is 0. The standard InChI is InChI=1S/C12H18BrNO.ClH/c1-2-3-4-7-14-9-10-8-11(13)5-6-12(10)15;/h5-6,8,14-15H,2-4,7,9H2,1H3;1H. The lowest BCUT2D eigenvalue weighted by atomic mass is 10.2. The second-order valence-corrected chi connectivity index (χ2v) is 4.57. The number of hydrogen-bond acceptors (Lipinski definition) is 2. The molecule has 0 radical (unpaired) electrons. The first-order valence-corrected chi connectivity index (χ1v) is 6.21. The van der Waals surface area contributed by atoms with Crippen LogP contribution in [-0.4, -0.2) is 11.7 Å². The molecule has 1 aromatic rings. The van der Waals surface area contributed by atoms with E-state index in [1.54, 1.807) is 6.07 Å². The van der Waals surface area contributed by atoms with Crippen molar-refractivity contribution in [3.8, 4) is 5.75 Å². The maximum Gasteiger partial charge on any atom is 0.120 e. The molecule has 0 heterocycles. The summed E-state index contributed by atoms with van der Waals surface area (Å²) in [5.41, 5.74) is 0.945. The molecule has 0 aromatic heterocycles. The van der Waals surface area contributed by atoms with Crippen LogP contribution >= 0.6 is 28.3 Å². The molecule has 2 nitrogen and oxygen atoms in total. The lowest BCUT2D eigenvalue weighted by Gasteiger charge is -2.06. The van der Waals surface area contributed by atoms with Crippen LogP contribution in [0.25, 0.3) is 0 Å². The van der Waals surface area contributed by atoms with Gasteiger partial charge in [0.1, 0.15) is 5.75 Å². The van der Waals surface area contributed by atoms with Gasteiger partial charge in [-0.25, -0.2) is 0 Å². The Morgan fingerprint density at radius 2 is 2.06 bits per heavy atom. The molecule has 4 heteroatoms. The minimum absolute atomic E-state index is 0. The van der Waals surface area contributed by atoms with Gasteiger partial charge in [0.15, 0.2) is 0 Å². The highest BCUT2D eigenvalue weighted by molar-refractivity contribution is 9.10. The zero-order chi connectivity index (χ0) is 11.1. The van der Waals surface area contributed by atoms with Crippen LogP contribution in [0.2, 0.25) is 0 Å². The first-order chi connectivity index (χ1) is 7.24. The van der Waals surface area contributed by atoms with Gasteiger partial charge in [-0.2, -0.15) is 0 Å². The van der Waals surface area contributed by atoms with E-state index in [0.29, 0.717) is 5.75 Å². The third kappa shape index (κ3) is 5.73. The van der Waals surface area contributed by atoms with Gasteiger partial charge >= 0.3 is 0 Å². The van der Waals surface area contributed by atoms with Crippen LogP contribution in [-0.2, 0) is 6.54 Å². The number of halogens is 2. The van der Waals surface area contributed by atoms with Crippen LogP contribution in [0.5, 0.6) is 5.75 Å². The Morgan fingerprint density at radius 3 is 2.75 bits per heavy atom. The van der Waals surface area contributed by atoms with Crippen LogP contribution in [0, 0.1) is 0 Å².